The average molecular weight is 333 g/mol. The summed E-state index contributed by atoms with van der Waals surface area (Å²) in [4.78, 5) is 14.3. The molecule has 0 aliphatic carbocycles. The van der Waals surface area contributed by atoms with Gasteiger partial charge in [-0.2, -0.15) is 0 Å². The summed E-state index contributed by atoms with van der Waals surface area (Å²) < 4.78 is 11.2. The third-order valence-electron chi connectivity index (χ3n) is 4.50. The van der Waals surface area contributed by atoms with Gasteiger partial charge in [0, 0.05) is 18.0 Å². The fourth-order valence-electron chi connectivity index (χ4n) is 3.19. The Balaban J connectivity index is 1.61. The first-order valence-corrected chi connectivity index (χ1v) is 8.29. The number of nitrogens with zero attached hydrogens (tertiary/aromatic N) is 1. The highest BCUT2D eigenvalue weighted by Crippen LogP contribution is 2.30. The van der Waals surface area contributed by atoms with Crippen molar-refractivity contribution in [1.82, 2.24) is 4.90 Å². The highest BCUT2D eigenvalue weighted by molar-refractivity contribution is 6.08. The summed E-state index contributed by atoms with van der Waals surface area (Å²) in [6.45, 7) is 2.36. The lowest BCUT2D eigenvalue weighted by molar-refractivity contribution is -0.129. The van der Waals surface area contributed by atoms with Crippen LogP contribution in [0.5, 0.6) is 0 Å². The van der Waals surface area contributed by atoms with E-state index in [2.05, 4.69) is 12.1 Å². The van der Waals surface area contributed by atoms with Gasteiger partial charge in [0.25, 0.3) is 0 Å². The molecule has 4 heteroatoms. The van der Waals surface area contributed by atoms with Gasteiger partial charge >= 0.3 is 0 Å². The third kappa shape index (κ3) is 2.91. The minimum absolute atomic E-state index is 0.0321. The zero-order valence-corrected chi connectivity index (χ0v) is 14.3. The van der Waals surface area contributed by atoms with Crippen LogP contribution in [0, 0.1) is 6.92 Å². The van der Waals surface area contributed by atoms with E-state index < -0.39 is 0 Å². The molecule has 25 heavy (non-hydrogen) atoms. The maximum Gasteiger partial charge on any atom is 0.227 e. The van der Waals surface area contributed by atoms with E-state index in [1.807, 2.05) is 43.3 Å². The second-order valence-electron chi connectivity index (χ2n) is 6.36. The van der Waals surface area contributed by atoms with Crippen molar-refractivity contribution in [2.45, 2.75) is 19.9 Å². The number of rotatable bonds is 4. The van der Waals surface area contributed by atoms with Gasteiger partial charge in [0.2, 0.25) is 5.91 Å². The third-order valence-corrected chi connectivity index (χ3v) is 4.50. The largest absolute Gasteiger partial charge is 0.464 e. The fourth-order valence-corrected chi connectivity index (χ4v) is 3.19. The molecule has 1 amide bonds. The summed E-state index contributed by atoms with van der Waals surface area (Å²) in [5.41, 5.74) is 1.73. The molecule has 0 atom stereocenters. The number of furan rings is 2. The van der Waals surface area contributed by atoms with Crippen molar-refractivity contribution < 1.29 is 13.6 Å². The Labute approximate surface area is 145 Å². The number of carbonyl (C=O) groups is 1. The summed E-state index contributed by atoms with van der Waals surface area (Å²) in [6.07, 6.45) is 2.00. The van der Waals surface area contributed by atoms with Crippen LogP contribution >= 0.6 is 0 Å². The minimum atomic E-state index is 0.0321. The molecule has 4 nitrogen and oxygen atoms in total. The molecule has 0 saturated carbocycles. The molecule has 0 aliphatic heterocycles. The summed E-state index contributed by atoms with van der Waals surface area (Å²) in [7, 11) is 1.79. The Hall–Kier alpha value is -3.01. The molecule has 0 spiro atoms. The average Bonchev–Trinajstić information content (AvgIpc) is 3.21. The van der Waals surface area contributed by atoms with Crippen molar-refractivity contribution in [2.24, 2.45) is 0 Å². The minimum Gasteiger partial charge on any atom is -0.464 e. The predicted octanol–water partition coefficient (Wildman–Crippen LogP) is 4.69. The van der Waals surface area contributed by atoms with Crippen LogP contribution < -0.4 is 0 Å². The first kappa shape index (κ1) is 15.5. The molecule has 126 valence electrons. The van der Waals surface area contributed by atoms with E-state index in [0.29, 0.717) is 13.0 Å². The van der Waals surface area contributed by atoms with Crippen LogP contribution in [-0.4, -0.2) is 17.9 Å². The smallest absolute Gasteiger partial charge is 0.227 e. The zero-order valence-electron chi connectivity index (χ0n) is 14.3. The molecular weight excluding hydrogens is 314 g/mol. The second kappa shape index (κ2) is 6.13. The van der Waals surface area contributed by atoms with E-state index in [4.69, 9.17) is 8.83 Å². The maximum absolute atomic E-state index is 12.6. The summed E-state index contributed by atoms with van der Waals surface area (Å²) >= 11 is 0. The van der Waals surface area contributed by atoms with E-state index in [-0.39, 0.29) is 5.91 Å². The Morgan fingerprint density at radius 1 is 1.08 bits per heavy atom. The highest BCUT2D eigenvalue weighted by atomic mass is 16.3. The van der Waals surface area contributed by atoms with Crippen LogP contribution in [0.15, 0.2) is 63.6 Å². The van der Waals surface area contributed by atoms with Crippen molar-refractivity contribution >= 4 is 27.6 Å². The fraction of sp³-hybridized carbons (Fsp3) is 0.190. The SMILES string of the molecule is Cc1ccc(CN(C)C(=O)Cc2coc3ccc4ccccc4c23)o1. The van der Waals surface area contributed by atoms with E-state index in [0.717, 1.165) is 38.8 Å². The summed E-state index contributed by atoms with van der Waals surface area (Å²) in [6, 6.07) is 16.0. The van der Waals surface area contributed by atoms with Gasteiger partial charge in [-0.1, -0.05) is 30.3 Å². The molecule has 0 fully saturated rings. The highest BCUT2D eigenvalue weighted by Gasteiger charge is 2.16. The number of likely N-dealkylation sites (N-methyl/N-ethyl adjacent to an activating group) is 1. The number of amides is 1. The zero-order chi connectivity index (χ0) is 17.4. The molecule has 0 aliphatic rings. The predicted molar refractivity (Wildman–Crippen MR) is 97.3 cm³/mol. The lowest BCUT2D eigenvalue weighted by Crippen LogP contribution is -2.27. The van der Waals surface area contributed by atoms with Crippen LogP contribution in [-0.2, 0) is 17.8 Å². The summed E-state index contributed by atoms with van der Waals surface area (Å²) in [5, 5.41) is 3.28. The molecule has 0 saturated heterocycles. The van der Waals surface area contributed by atoms with Crippen molar-refractivity contribution in [3.8, 4) is 0 Å². The monoisotopic (exact) mass is 333 g/mol. The van der Waals surface area contributed by atoms with Gasteiger partial charge in [0.05, 0.1) is 19.2 Å². The van der Waals surface area contributed by atoms with Crippen molar-refractivity contribution in [2.75, 3.05) is 7.05 Å². The molecule has 4 rings (SSSR count). The quantitative estimate of drug-likeness (QED) is 0.544. The molecule has 2 aromatic heterocycles. The topological polar surface area (TPSA) is 46.6 Å². The molecule has 4 aromatic rings. The first-order chi connectivity index (χ1) is 12.1. The summed E-state index contributed by atoms with van der Waals surface area (Å²) in [5.74, 6) is 1.67. The van der Waals surface area contributed by atoms with Crippen LogP contribution in [0.4, 0.5) is 0 Å². The standard InChI is InChI=1S/C21H19NO3/c1-14-7-9-17(25-14)12-22(2)20(23)11-16-13-24-19-10-8-15-5-3-4-6-18(15)21(16)19/h3-10,13H,11-12H2,1-2H3. The first-order valence-electron chi connectivity index (χ1n) is 8.29. The number of hydrogen-bond donors (Lipinski definition) is 0. The number of hydrogen-bond acceptors (Lipinski definition) is 3. The lowest BCUT2D eigenvalue weighted by atomic mass is 10.0. The molecule has 2 heterocycles. The number of fused-ring (bicyclic) bond motifs is 3. The molecule has 0 bridgehead atoms. The van der Waals surface area contributed by atoms with Crippen LogP contribution in [0.25, 0.3) is 21.7 Å². The maximum atomic E-state index is 12.6. The van der Waals surface area contributed by atoms with Gasteiger partial charge in [-0.3, -0.25) is 4.79 Å². The molecule has 0 unspecified atom stereocenters. The molecule has 0 radical (unpaired) electrons. The van der Waals surface area contributed by atoms with Gasteiger partial charge < -0.3 is 13.7 Å². The Morgan fingerprint density at radius 3 is 2.72 bits per heavy atom. The number of carbonyl (C=O) groups excluding carboxylic acids is 1. The molecular formula is C21H19NO3. The molecule has 0 N–H and O–H groups in total. The van der Waals surface area contributed by atoms with E-state index in [1.54, 1.807) is 18.2 Å². The van der Waals surface area contributed by atoms with Gasteiger partial charge in [-0.05, 0) is 35.9 Å². The van der Waals surface area contributed by atoms with E-state index >= 15 is 0 Å². The van der Waals surface area contributed by atoms with E-state index in [9.17, 15) is 4.79 Å². The van der Waals surface area contributed by atoms with Gasteiger partial charge in [0.1, 0.15) is 17.1 Å². The Morgan fingerprint density at radius 2 is 1.92 bits per heavy atom. The number of benzene rings is 2. The lowest BCUT2D eigenvalue weighted by Gasteiger charge is -2.15. The van der Waals surface area contributed by atoms with Gasteiger partial charge in [0.15, 0.2) is 0 Å². The van der Waals surface area contributed by atoms with Crippen molar-refractivity contribution in [3.05, 3.63) is 71.9 Å². The van der Waals surface area contributed by atoms with Crippen LogP contribution in [0.1, 0.15) is 17.1 Å². The van der Waals surface area contributed by atoms with Gasteiger partial charge in [-0.25, -0.2) is 0 Å². The Kier molecular flexibility index (Phi) is 3.80. The molecule has 2 aromatic carbocycles. The number of aryl methyl sites for hydroxylation is 1. The van der Waals surface area contributed by atoms with E-state index in [1.165, 1.54) is 0 Å². The van der Waals surface area contributed by atoms with Crippen molar-refractivity contribution in [1.29, 1.82) is 0 Å². The van der Waals surface area contributed by atoms with Crippen molar-refractivity contribution in [3.63, 3.8) is 0 Å². The second-order valence-corrected chi connectivity index (χ2v) is 6.36. The Bertz CT molecular complexity index is 1060. The van der Waals surface area contributed by atoms with Crippen LogP contribution in [0.3, 0.4) is 0 Å². The van der Waals surface area contributed by atoms with Crippen LogP contribution in [0.2, 0.25) is 0 Å². The van der Waals surface area contributed by atoms with Gasteiger partial charge in [-0.15, -0.1) is 0 Å². The normalized spacial score (nSPS) is 11.3.